The zero-order valence-electron chi connectivity index (χ0n) is 11.1. The quantitative estimate of drug-likeness (QED) is 0.772. The highest BCUT2D eigenvalue weighted by Gasteiger charge is 2.12. The molecule has 100 valence electrons. The number of carbonyl (C=O) groups is 1. The molecule has 0 bridgehead atoms. The zero-order valence-corrected chi connectivity index (χ0v) is 11.8. The predicted octanol–water partition coefficient (Wildman–Crippen LogP) is 3.17. The molecular weight excluding hydrogens is 248 g/mol. The van der Waals surface area contributed by atoms with Crippen molar-refractivity contribution in [2.45, 2.75) is 33.1 Å². The van der Waals surface area contributed by atoms with Crippen LogP contribution in [0.1, 0.15) is 42.2 Å². The van der Waals surface area contributed by atoms with Gasteiger partial charge < -0.3 is 5.32 Å². The Hall–Kier alpha value is -1.09. The number of hydrogen-bond donors (Lipinski definition) is 1. The maximum absolute atomic E-state index is 12.0. The molecule has 4 heteroatoms. The lowest BCUT2D eigenvalue weighted by Crippen LogP contribution is -2.30. The molecule has 18 heavy (non-hydrogen) atoms. The summed E-state index contributed by atoms with van der Waals surface area (Å²) in [6.45, 7) is 4.71. The number of nitrogens with one attached hydrogen (secondary N) is 1. The third kappa shape index (κ3) is 4.65. The van der Waals surface area contributed by atoms with E-state index in [-0.39, 0.29) is 5.91 Å². The van der Waals surface area contributed by atoms with Gasteiger partial charge in [-0.2, -0.15) is 0 Å². The lowest BCUT2D eigenvalue weighted by atomic mass is 10.0. The van der Waals surface area contributed by atoms with Crippen LogP contribution >= 0.6 is 11.6 Å². The second kappa shape index (κ2) is 8.09. The Kier molecular flexibility index (Phi) is 6.73. The lowest BCUT2D eigenvalue weighted by molar-refractivity contribution is 0.0940. The number of alkyl halides is 1. The molecular formula is C14H21ClN2O. The van der Waals surface area contributed by atoms with E-state index in [0.717, 1.165) is 24.8 Å². The molecule has 0 aromatic carbocycles. The average molecular weight is 269 g/mol. The highest BCUT2D eigenvalue weighted by Crippen LogP contribution is 2.11. The zero-order chi connectivity index (χ0) is 13.4. The number of aryl methyl sites for hydroxylation is 1. The fourth-order valence-corrected chi connectivity index (χ4v) is 2.26. The highest BCUT2D eigenvalue weighted by molar-refractivity contribution is 6.17. The Labute approximate surface area is 114 Å². The first-order chi connectivity index (χ1) is 8.69. The van der Waals surface area contributed by atoms with Crippen molar-refractivity contribution in [3.8, 4) is 0 Å². The molecule has 1 aromatic heterocycles. The SMILES string of the molecule is CCCC(CCCl)CNC(=O)c1ncccc1C. The number of rotatable bonds is 7. The first-order valence-electron chi connectivity index (χ1n) is 6.44. The van der Waals surface area contributed by atoms with E-state index >= 15 is 0 Å². The molecule has 0 aliphatic rings. The van der Waals surface area contributed by atoms with E-state index in [9.17, 15) is 4.79 Å². The number of hydrogen-bond acceptors (Lipinski definition) is 2. The highest BCUT2D eigenvalue weighted by atomic mass is 35.5. The van der Waals surface area contributed by atoms with Crippen LogP contribution in [-0.2, 0) is 0 Å². The van der Waals surface area contributed by atoms with Crippen molar-refractivity contribution >= 4 is 17.5 Å². The van der Waals surface area contributed by atoms with E-state index < -0.39 is 0 Å². The summed E-state index contributed by atoms with van der Waals surface area (Å²) >= 11 is 5.76. The van der Waals surface area contributed by atoms with Crippen LogP contribution in [0.15, 0.2) is 18.3 Å². The van der Waals surface area contributed by atoms with Gasteiger partial charge in [0.1, 0.15) is 5.69 Å². The van der Waals surface area contributed by atoms with E-state index in [1.54, 1.807) is 6.20 Å². The molecule has 0 aliphatic carbocycles. The minimum Gasteiger partial charge on any atom is -0.350 e. The smallest absolute Gasteiger partial charge is 0.270 e. The summed E-state index contributed by atoms with van der Waals surface area (Å²) in [5, 5.41) is 2.95. The summed E-state index contributed by atoms with van der Waals surface area (Å²) in [6.07, 6.45) is 4.79. The monoisotopic (exact) mass is 268 g/mol. The van der Waals surface area contributed by atoms with Gasteiger partial charge >= 0.3 is 0 Å². The van der Waals surface area contributed by atoms with Gasteiger partial charge in [0, 0.05) is 18.6 Å². The van der Waals surface area contributed by atoms with Crippen LogP contribution < -0.4 is 5.32 Å². The number of pyridine rings is 1. The van der Waals surface area contributed by atoms with Gasteiger partial charge in [-0.15, -0.1) is 11.6 Å². The van der Waals surface area contributed by atoms with Crippen LogP contribution in [-0.4, -0.2) is 23.3 Å². The molecule has 1 amide bonds. The summed E-state index contributed by atoms with van der Waals surface area (Å²) in [5.41, 5.74) is 1.41. The van der Waals surface area contributed by atoms with Crippen LogP contribution in [0.4, 0.5) is 0 Å². The molecule has 0 radical (unpaired) electrons. The standard InChI is InChI=1S/C14H21ClN2O/c1-3-5-12(7-8-15)10-17-14(18)13-11(2)6-4-9-16-13/h4,6,9,12H,3,5,7-8,10H2,1-2H3,(H,17,18). The first-order valence-corrected chi connectivity index (χ1v) is 6.98. The van der Waals surface area contributed by atoms with Gasteiger partial charge in [-0.3, -0.25) is 9.78 Å². The van der Waals surface area contributed by atoms with Gasteiger partial charge in [0.15, 0.2) is 0 Å². The van der Waals surface area contributed by atoms with E-state index in [1.807, 2.05) is 19.1 Å². The van der Waals surface area contributed by atoms with E-state index in [0.29, 0.717) is 24.0 Å². The number of aromatic nitrogens is 1. The number of nitrogens with zero attached hydrogens (tertiary/aromatic N) is 1. The third-order valence-corrected chi connectivity index (χ3v) is 3.21. The summed E-state index contributed by atoms with van der Waals surface area (Å²) in [6, 6.07) is 3.73. The third-order valence-electron chi connectivity index (χ3n) is 2.99. The number of amides is 1. The molecule has 0 spiro atoms. The lowest BCUT2D eigenvalue weighted by Gasteiger charge is -2.15. The molecule has 1 rings (SSSR count). The molecule has 1 heterocycles. The summed E-state index contributed by atoms with van der Waals surface area (Å²) < 4.78 is 0. The Balaban J connectivity index is 2.52. The summed E-state index contributed by atoms with van der Waals surface area (Å²) in [7, 11) is 0. The molecule has 1 aromatic rings. The van der Waals surface area contributed by atoms with Crippen molar-refractivity contribution < 1.29 is 4.79 Å². The van der Waals surface area contributed by atoms with Crippen LogP contribution in [0.2, 0.25) is 0 Å². The van der Waals surface area contributed by atoms with Crippen LogP contribution in [0.25, 0.3) is 0 Å². The van der Waals surface area contributed by atoms with E-state index in [2.05, 4.69) is 17.2 Å². The van der Waals surface area contributed by atoms with Gasteiger partial charge in [0.2, 0.25) is 0 Å². The molecule has 0 aliphatic heterocycles. The second-order valence-electron chi connectivity index (χ2n) is 4.51. The molecule has 0 fully saturated rings. The van der Waals surface area contributed by atoms with Gasteiger partial charge in [0.05, 0.1) is 0 Å². The molecule has 1 unspecified atom stereocenters. The average Bonchev–Trinajstić information content (AvgIpc) is 2.36. The fraction of sp³-hybridized carbons (Fsp3) is 0.571. The number of carbonyl (C=O) groups excluding carboxylic acids is 1. The van der Waals surface area contributed by atoms with Crippen molar-refractivity contribution in [2.75, 3.05) is 12.4 Å². The van der Waals surface area contributed by atoms with Gasteiger partial charge in [0.25, 0.3) is 5.91 Å². The van der Waals surface area contributed by atoms with Crippen LogP contribution in [0.3, 0.4) is 0 Å². The first kappa shape index (κ1) is 15.0. The Morgan fingerprint density at radius 1 is 1.50 bits per heavy atom. The van der Waals surface area contributed by atoms with Crippen molar-refractivity contribution in [2.24, 2.45) is 5.92 Å². The maximum Gasteiger partial charge on any atom is 0.270 e. The minimum absolute atomic E-state index is 0.0937. The summed E-state index contributed by atoms with van der Waals surface area (Å²) in [5.74, 6) is 1.01. The van der Waals surface area contributed by atoms with E-state index in [1.165, 1.54) is 0 Å². The largest absolute Gasteiger partial charge is 0.350 e. The van der Waals surface area contributed by atoms with E-state index in [4.69, 9.17) is 11.6 Å². The maximum atomic E-state index is 12.0. The van der Waals surface area contributed by atoms with Gasteiger partial charge in [-0.05, 0) is 37.3 Å². The van der Waals surface area contributed by atoms with Gasteiger partial charge in [-0.25, -0.2) is 0 Å². The van der Waals surface area contributed by atoms with Crippen molar-refractivity contribution in [1.82, 2.24) is 10.3 Å². The Bertz CT molecular complexity index is 376. The van der Waals surface area contributed by atoms with Crippen LogP contribution in [0, 0.1) is 12.8 Å². The Morgan fingerprint density at radius 2 is 2.28 bits per heavy atom. The molecule has 1 N–H and O–H groups in total. The minimum atomic E-state index is -0.0937. The van der Waals surface area contributed by atoms with Crippen molar-refractivity contribution in [1.29, 1.82) is 0 Å². The predicted molar refractivity (Wildman–Crippen MR) is 75.0 cm³/mol. The number of halogens is 1. The molecule has 0 saturated carbocycles. The normalized spacial score (nSPS) is 12.2. The Morgan fingerprint density at radius 3 is 2.89 bits per heavy atom. The topological polar surface area (TPSA) is 42.0 Å². The summed E-state index contributed by atoms with van der Waals surface area (Å²) in [4.78, 5) is 16.1. The second-order valence-corrected chi connectivity index (χ2v) is 4.89. The van der Waals surface area contributed by atoms with Crippen molar-refractivity contribution in [3.05, 3.63) is 29.6 Å². The molecule has 3 nitrogen and oxygen atoms in total. The van der Waals surface area contributed by atoms with Gasteiger partial charge in [-0.1, -0.05) is 19.4 Å². The molecule has 1 atom stereocenters. The fourth-order valence-electron chi connectivity index (χ4n) is 1.96. The molecule has 0 saturated heterocycles. The van der Waals surface area contributed by atoms with Crippen molar-refractivity contribution in [3.63, 3.8) is 0 Å². The van der Waals surface area contributed by atoms with Crippen LogP contribution in [0.5, 0.6) is 0 Å².